The number of nitrogens with one attached hydrogen (secondary N) is 1. The summed E-state index contributed by atoms with van der Waals surface area (Å²) in [6.45, 7) is 13.3. The standard InChI is InChI=1S/C17H28N2OS2/c1-5-13(2)10-18-17(21)19-8-6-16(7-9-19)15(4)22-12-14(3)11-20/h11-13,16H,4-10H2,1-3H3,(H,18,21)/b14-12+. The first-order chi connectivity index (χ1) is 10.5. The zero-order valence-corrected chi connectivity index (χ0v) is 15.6. The van der Waals surface area contributed by atoms with Crippen molar-refractivity contribution < 1.29 is 4.79 Å². The van der Waals surface area contributed by atoms with Gasteiger partial charge in [0.1, 0.15) is 6.29 Å². The number of aldehydes is 1. The van der Waals surface area contributed by atoms with E-state index < -0.39 is 0 Å². The van der Waals surface area contributed by atoms with Crippen LogP contribution >= 0.6 is 24.0 Å². The third kappa shape index (κ3) is 6.53. The highest BCUT2D eigenvalue weighted by Crippen LogP contribution is 2.32. The van der Waals surface area contributed by atoms with Crippen molar-refractivity contribution in [1.29, 1.82) is 0 Å². The Morgan fingerprint density at radius 1 is 1.50 bits per heavy atom. The molecule has 1 N–H and O–H groups in total. The Morgan fingerprint density at radius 2 is 2.14 bits per heavy atom. The minimum absolute atomic E-state index is 0.509. The molecule has 1 heterocycles. The summed E-state index contributed by atoms with van der Waals surface area (Å²) in [5.41, 5.74) is 0.749. The Morgan fingerprint density at radius 3 is 2.68 bits per heavy atom. The van der Waals surface area contributed by atoms with Gasteiger partial charge in [-0.3, -0.25) is 4.79 Å². The van der Waals surface area contributed by atoms with Gasteiger partial charge in [-0.25, -0.2) is 0 Å². The SMILES string of the molecule is C=C(S/C=C(\C)C=O)C1CCN(C(=S)NCC(C)CC)CC1. The first kappa shape index (κ1) is 19.2. The number of rotatable bonds is 7. The summed E-state index contributed by atoms with van der Waals surface area (Å²) in [6.07, 6.45) is 4.20. The first-order valence-electron chi connectivity index (χ1n) is 7.98. The number of allylic oxidation sites excluding steroid dienone is 2. The number of hydrogen-bond acceptors (Lipinski definition) is 3. The fourth-order valence-corrected chi connectivity index (χ4v) is 3.30. The van der Waals surface area contributed by atoms with Crippen molar-refractivity contribution in [3.05, 3.63) is 22.5 Å². The van der Waals surface area contributed by atoms with E-state index >= 15 is 0 Å². The second kappa shape index (κ2) is 10.1. The highest BCUT2D eigenvalue weighted by Gasteiger charge is 2.22. The summed E-state index contributed by atoms with van der Waals surface area (Å²) in [5.74, 6) is 1.16. The molecule has 1 aliphatic rings. The third-order valence-electron chi connectivity index (χ3n) is 4.12. The van der Waals surface area contributed by atoms with E-state index in [0.29, 0.717) is 11.8 Å². The minimum Gasteiger partial charge on any atom is -0.362 e. The molecule has 0 spiro atoms. The zero-order chi connectivity index (χ0) is 16.5. The van der Waals surface area contributed by atoms with Crippen LogP contribution < -0.4 is 5.32 Å². The molecular formula is C17H28N2OS2. The Bertz CT molecular complexity index is 426. The van der Waals surface area contributed by atoms with Crippen LogP contribution in [0.2, 0.25) is 0 Å². The molecule has 1 aliphatic heterocycles. The number of carbonyl (C=O) groups is 1. The molecule has 124 valence electrons. The summed E-state index contributed by atoms with van der Waals surface area (Å²) >= 11 is 7.07. The van der Waals surface area contributed by atoms with Crippen molar-refractivity contribution in [1.82, 2.24) is 10.2 Å². The molecular weight excluding hydrogens is 312 g/mol. The van der Waals surface area contributed by atoms with Crippen molar-refractivity contribution >= 4 is 35.4 Å². The van der Waals surface area contributed by atoms with Gasteiger partial charge in [0, 0.05) is 19.6 Å². The summed E-state index contributed by atoms with van der Waals surface area (Å²) in [7, 11) is 0. The molecule has 1 fully saturated rings. The average Bonchev–Trinajstić information content (AvgIpc) is 2.56. The van der Waals surface area contributed by atoms with E-state index in [-0.39, 0.29) is 0 Å². The molecule has 0 bridgehead atoms. The van der Waals surface area contributed by atoms with E-state index in [1.54, 1.807) is 11.8 Å². The largest absolute Gasteiger partial charge is 0.362 e. The Labute approximate surface area is 144 Å². The number of carbonyl (C=O) groups excluding carboxylic acids is 1. The summed E-state index contributed by atoms with van der Waals surface area (Å²) in [6, 6.07) is 0. The lowest BCUT2D eigenvalue weighted by Crippen LogP contribution is -2.45. The molecule has 0 amide bonds. The quantitative estimate of drug-likeness (QED) is 0.431. The van der Waals surface area contributed by atoms with Crippen LogP contribution in [0.5, 0.6) is 0 Å². The number of piperidine rings is 1. The second-order valence-electron chi connectivity index (χ2n) is 6.02. The van der Waals surface area contributed by atoms with Crippen molar-refractivity contribution in [2.75, 3.05) is 19.6 Å². The number of likely N-dealkylation sites (tertiary alicyclic amines) is 1. The van der Waals surface area contributed by atoms with Crippen molar-refractivity contribution in [2.24, 2.45) is 11.8 Å². The van der Waals surface area contributed by atoms with Gasteiger partial charge in [0.05, 0.1) is 0 Å². The fourth-order valence-electron chi connectivity index (χ4n) is 2.21. The maximum absolute atomic E-state index is 10.6. The predicted octanol–water partition coefficient (Wildman–Crippen LogP) is 3.97. The topological polar surface area (TPSA) is 32.3 Å². The summed E-state index contributed by atoms with van der Waals surface area (Å²) < 4.78 is 0. The van der Waals surface area contributed by atoms with Gasteiger partial charge in [-0.05, 0) is 59.7 Å². The van der Waals surface area contributed by atoms with Crippen LogP contribution in [0.3, 0.4) is 0 Å². The molecule has 0 aliphatic carbocycles. The monoisotopic (exact) mass is 340 g/mol. The number of thiocarbonyl (C=S) groups is 1. The molecule has 1 atom stereocenters. The van der Waals surface area contributed by atoms with Crippen molar-refractivity contribution in [2.45, 2.75) is 40.0 Å². The smallest absolute Gasteiger partial charge is 0.168 e. The van der Waals surface area contributed by atoms with Gasteiger partial charge >= 0.3 is 0 Å². The van der Waals surface area contributed by atoms with Crippen LogP contribution in [-0.2, 0) is 4.79 Å². The number of thioether (sulfide) groups is 1. The van der Waals surface area contributed by atoms with Crippen LogP contribution in [0.1, 0.15) is 40.0 Å². The summed E-state index contributed by atoms with van der Waals surface area (Å²) in [4.78, 5) is 14.0. The third-order valence-corrected chi connectivity index (χ3v) is 5.65. The van der Waals surface area contributed by atoms with E-state index in [1.165, 1.54) is 6.42 Å². The Balaban J connectivity index is 2.35. The van der Waals surface area contributed by atoms with Gasteiger partial charge in [-0.15, -0.1) is 11.8 Å². The fraction of sp³-hybridized carbons (Fsp3) is 0.647. The Kier molecular flexibility index (Phi) is 8.79. The molecule has 5 heteroatoms. The van der Waals surface area contributed by atoms with Crippen molar-refractivity contribution in [3.63, 3.8) is 0 Å². The number of nitrogens with zero attached hydrogens (tertiary/aromatic N) is 1. The molecule has 22 heavy (non-hydrogen) atoms. The molecule has 1 saturated heterocycles. The molecule has 0 radical (unpaired) electrons. The van der Waals surface area contributed by atoms with Crippen LogP contribution in [0, 0.1) is 11.8 Å². The van der Waals surface area contributed by atoms with Gasteiger partial charge in [0.2, 0.25) is 0 Å². The average molecular weight is 341 g/mol. The molecule has 0 aromatic heterocycles. The summed E-state index contributed by atoms with van der Waals surface area (Å²) in [5, 5.41) is 6.15. The van der Waals surface area contributed by atoms with E-state index in [2.05, 4.69) is 30.6 Å². The first-order valence-corrected chi connectivity index (χ1v) is 9.26. The lowest BCUT2D eigenvalue weighted by atomic mass is 9.97. The number of hydrogen-bond donors (Lipinski definition) is 1. The van der Waals surface area contributed by atoms with Gasteiger partial charge in [0.15, 0.2) is 5.11 Å². The van der Waals surface area contributed by atoms with Crippen LogP contribution in [-0.4, -0.2) is 35.9 Å². The van der Waals surface area contributed by atoms with Gasteiger partial charge < -0.3 is 10.2 Å². The maximum Gasteiger partial charge on any atom is 0.168 e. The lowest BCUT2D eigenvalue weighted by Gasteiger charge is -2.34. The van der Waals surface area contributed by atoms with Gasteiger partial charge in [0.25, 0.3) is 0 Å². The molecule has 1 unspecified atom stereocenters. The van der Waals surface area contributed by atoms with E-state index in [4.69, 9.17) is 12.2 Å². The van der Waals surface area contributed by atoms with Crippen LogP contribution in [0.15, 0.2) is 22.5 Å². The normalized spacial score (nSPS) is 18.0. The molecule has 0 saturated carbocycles. The maximum atomic E-state index is 10.6. The van der Waals surface area contributed by atoms with Crippen LogP contribution in [0.25, 0.3) is 0 Å². The highest BCUT2D eigenvalue weighted by atomic mass is 32.2. The molecule has 3 nitrogen and oxygen atoms in total. The van der Waals surface area contributed by atoms with Crippen LogP contribution in [0.4, 0.5) is 0 Å². The minimum atomic E-state index is 0.509. The Hall–Kier alpha value is -0.810. The molecule has 1 rings (SSSR count). The second-order valence-corrected chi connectivity index (χ2v) is 7.41. The highest BCUT2D eigenvalue weighted by molar-refractivity contribution is 8.05. The van der Waals surface area contributed by atoms with Crippen molar-refractivity contribution in [3.8, 4) is 0 Å². The predicted molar refractivity (Wildman–Crippen MR) is 101 cm³/mol. The van der Waals surface area contributed by atoms with Gasteiger partial charge in [-0.2, -0.15) is 0 Å². The van der Waals surface area contributed by atoms with Gasteiger partial charge in [-0.1, -0.05) is 26.8 Å². The van der Waals surface area contributed by atoms with E-state index in [9.17, 15) is 4.79 Å². The van der Waals surface area contributed by atoms with E-state index in [0.717, 1.165) is 54.4 Å². The lowest BCUT2D eigenvalue weighted by molar-refractivity contribution is -0.104. The van der Waals surface area contributed by atoms with E-state index in [1.807, 2.05) is 12.3 Å². The zero-order valence-electron chi connectivity index (χ0n) is 13.9. The molecule has 0 aromatic carbocycles. The molecule has 0 aromatic rings.